The maximum absolute atomic E-state index is 8.19. The van der Waals surface area contributed by atoms with Gasteiger partial charge in [-0.3, -0.25) is 0 Å². The van der Waals surface area contributed by atoms with E-state index in [1.165, 1.54) is 0 Å². The van der Waals surface area contributed by atoms with Crippen molar-refractivity contribution in [3.05, 3.63) is 0 Å². The molecule has 0 aliphatic carbocycles. The molecule has 2 N–H and O–H groups in total. The summed E-state index contributed by atoms with van der Waals surface area (Å²) in [6, 6.07) is 0. The van der Waals surface area contributed by atoms with E-state index in [1.54, 1.807) is 6.92 Å². The van der Waals surface area contributed by atoms with Crippen LogP contribution in [-0.2, 0) is 0 Å². The van der Waals surface area contributed by atoms with Crippen molar-refractivity contribution < 1.29 is 10.2 Å². The van der Waals surface area contributed by atoms with Crippen LogP contribution in [-0.4, -0.2) is 21.9 Å². The third-order valence-corrected chi connectivity index (χ3v) is 0.714. The van der Waals surface area contributed by atoms with E-state index in [-0.39, 0.29) is 11.8 Å². The zero-order chi connectivity index (χ0) is 5.86. The maximum atomic E-state index is 8.19. The highest BCUT2D eigenvalue weighted by atomic mass is 35.5. The van der Waals surface area contributed by atoms with Crippen LogP contribution in [0.15, 0.2) is 0 Å². The first-order valence-corrected chi connectivity index (χ1v) is 2.56. The van der Waals surface area contributed by atoms with Crippen molar-refractivity contribution >= 4 is 11.6 Å². The molecule has 0 fully saturated rings. The molecule has 0 radical (unpaired) electrons. The van der Waals surface area contributed by atoms with Gasteiger partial charge in [0, 0.05) is 11.8 Å². The van der Waals surface area contributed by atoms with Crippen molar-refractivity contribution in [2.24, 2.45) is 0 Å². The van der Waals surface area contributed by atoms with Gasteiger partial charge in [-0.05, 0) is 6.92 Å². The lowest BCUT2D eigenvalue weighted by atomic mass is 10.3. The van der Waals surface area contributed by atoms with Gasteiger partial charge in [-0.25, -0.2) is 0 Å². The molecule has 0 bridgehead atoms. The molecule has 44 valence electrons. The SMILES string of the molecule is CC(Cl)CC(O)O. The smallest absolute Gasteiger partial charge is 0.152 e. The van der Waals surface area contributed by atoms with Crippen LogP contribution in [0.1, 0.15) is 13.3 Å². The van der Waals surface area contributed by atoms with Gasteiger partial charge < -0.3 is 10.2 Å². The lowest BCUT2D eigenvalue weighted by Crippen LogP contribution is -2.09. The van der Waals surface area contributed by atoms with Gasteiger partial charge in [0.25, 0.3) is 0 Å². The number of halogens is 1. The quantitative estimate of drug-likeness (QED) is 0.411. The molecule has 0 aliphatic heterocycles. The maximum Gasteiger partial charge on any atom is 0.152 e. The highest BCUT2D eigenvalue weighted by Gasteiger charge is 2.00. The fourth-order valence-electron chi connectivity index (χ4n) is 0.291. The summed E-state index contributed by atoms with van der Waals surface area (Å²) in [5.74, 6) is 0. The summed E-state index contributed by atoms with van der Waals surface area (Å²) < 4.78 is 0. The predicted molar refractivity (Wildman–Crippen MR) is 28.2 cm³/mol. The van der Waals surface area contributed by atoms with Gasteiger partial charge in [0.05, 0.1) is 0 Å². The first-order chi connectivity index (χ1) is 3.13. The van der Waals surface area contributed by atoms with E-state index in [1.807, 2.05) is 0 Å². The fraction of sp³-hybridized carbons (Fsp3) is 1.00. The van der Waals surface area contributed by atoms with Crippen molar-refractivity contribution in [1.82, 2.24) is 0 Å². The van der Waals surface area contributed by atoms with Crippen LogP contribution in [0.3, 0.4) is 0 Å². The summed E-state index contributed by atoms with van der Waals surface area (Å²) in [6.45, 7) is 1.71. The number of aliphatic hydroxyl groups excluding tert-OH is 1. The molecule has 1 unspecified atom stereocenters. The lowest BCUT2D eigenvalue weighted by Gasteiger charge is -2.02. The second kappa shape index (κ2) is 3.24. The standard InChI is InChI=1S/C4H9ClO2/c1-3(5)2-4(6)7/h3-4,6-7H,2H2,1H3. The van der Waals surface area contributed by atoms with Crippen LogP contribution in [0.25, 0.3) is 0 Å². The van der Waals surface area contributed by atoms with Crippen molar-refractivity contribution in [2.75, 3.05) is 0 Å². The average Bonchev–Trinajstić information content (AvgIpc) is 1.27. The summed E-state index contributed by atoms with van der Waals surface area (Å²) in [6.07, 6.45) is -1.02. The Hall–Kier alpha value is 0.210. The van der Waals surface area contributed by atoms with Crippen molar-refractivity contribution in [3.63, 3.8) is 0 Å². The molecule has 2 nitrogen and oxygen atoms in total. The van der Waals surface area contributed by atoms with E-state index in [0.29, 0.717) is 0 Å². The zero-order valence-electron chi connectivity index (χ0n) is 4.13. The Bertz CT molecular complexity index is 39.0. The Balaban J connectivity index is 2.95. The Morgan fingerprint density at radius 2 is 2.00 bits per heavy atom. The molecule has 0 aliphatic rings. The first kappa shape index (κ1) is 7.21. The molecular weight excluding hydrogens is 115 g/mol. The van der Waals surface area contributed by atoms with Gasteiger partial charge in [0.2, 0.25) is 0 Å². The van der Waals surface area contributed by atoms with Crippen LogP contribution in [0.4, 0.5) is 0 Å². The number of rotatable bonds is 2. The second-order valence-electron chi connectivity index (χ2n) is 1.50. The molecule has 0 saturated heterocycles. The minimum Gasteiger partial charge on any atom is -0.368 e. The third kappa shape index (κ3) is 6.21. The number of hydrogen-bond acceptors (Lipinski definition) is 2. The van der Waals surface area contributed by atoms with E-state index in [0.717, 1.165) is 0 Å². The normalized spacial score (nSPS) is 15.0. The summed E-state index contributed by atoms with van der Waals surface area (Å²) in [5.41, 5.74) is 0. The highest BCUT2D eigenvalue weighted by molar-refractivity contribution is 6.20. The fourth-order valence-corrected chi connectivity index (χ4v) is 0.450. The second-order valence-corrected chi connectivity index (χ2v) is 2.24. The topological polar surface area (TPSA) is 40.5 Å². The largest absolute Gasteiger partial charge is 0.368 e. The minimum absolute atomic E-state index is 0.153. The Morgan fingerprint density at radius 1 is 1.57 bits per heavy atom. The molecule has 7 heavy (non-hydrogen) atoms. The molecule has 0 amide bonds. The summed E-state index contributed by atoms with van der Waals surface area (Å²) in [7, 11) is 0. The Labute approximate surface area is 47.7 Å². The van der Waals surface area contributed by atoms with Crippen LogP contribution < -0.4 is 0 Å². The van der Waals surface area contributed by atoms with Crippen LogP contribution in [0.2, 0.25) is 0 Å². The Kier molecular flexibility index (Phi) is 3.34. The van der Waals surface area contributed by atoms with Crippen LogP contribution >= 0.6 is 11.6 Å². The van der Waals surface area contributed by atoms with Crippen molar-refractivity contribution in [2.45, 2.75) is 25.0 Å². The van der Waals surface area contributed by atoms with Gasteiger partial charge in [0.1, 0.15) is 0 Å². The van der Waals surface area contributed by atoms with Gasteiger partial charge in [-0.15, -0.1) is 11.6 Å². The number of aliphatic hydroxyl groups is 2. The summed E-state index contributed by atoms with van der Waals surface area (Å²) in [5, 5.41) is 16.2. The van der Waals surface area contributed by atoms with Gasteiger partial charge >= 0.3 is 0 Å². The molecular formula is C4H9ClO2. The van der Waals surface area contributed by atoms with Gasteiger partial charge in [0.15, 0.2) is 6.29 Å². The van der Waals surface area contributed by atoms with Crippen molar-refractivity contribution in [3.8, 4) is 0 Å². The lowest BCUT2D eigenvalue weighted by molar-refractivity contribution is -0.0446. The monoisotopic (exact) mass is 124 g/mol. The minimum atomic E-state index is -1.26. The van der Waals surface area contributed by atoms with Gasteiger partial charge in [-0.1, -0.05) is 0 Å². The molecule has 0 spiro atoms. The highest BCUT2D eigenvalue weighted by Crippen LogP contribution is 2.00. The number of hydrogen-bond donors (Lipinski definition) is 2. The Morgan fingerprint density at radius 3 is 2.00 bits per heavy atom. The van der Waals surface area contributed by atoms with Crippen LogP contribution in [0.5, 0.6) is 0 Å². The molecule has 0 aromatic carbocycles. The molecule has 0 heterocycles. The zero-order valence-corrected chi connectivity index (χ0v) is 4.89. The molecule has 0 aromatic heterocycles. The van der Waals surface area contributed by atoms with Crippen LogP contribution in [0, 0.1) is 0 Å². The first-order valence-electron chi connectivity index (χ1n) is 2.13. The molecule has 0 saturated carbocycles. The van der Waals surface area contributed by atoms with Crippen molar-refractivity contribution in [1.29, 1.82) is 0 Å². The molecule has 0 aromatic rings. The molecule has 1 atom stereocenters. The van der Waals surface area contributed by atoms with E-state index in [9.17, 15) is 0 Å². The summed E-state index contributed by atoms with van der Waals surface area (Å²) >= 11 is 5.35. The van der Waals surface area contributed by atoms with E-state index in [2.05, 4.69) is 0 Å². The molecule has 0 rings (SSSR count). The van der Waals surface area contributed by atoms with E-state index < -0.39 is 6.29 Å². The third-order valence-electron chi connectivity index (χ3n) is 0.536. The average molecular weight is 125 g/mol. The molecule has 3 heteroatoms. The van der Waals surface area contributed by atoms with Gasteiger partial charge in [-0.2, -0.15) is 0 Å². The van der Waals surface area contributed by atoms with E-state index in [4.69, 9.17) is 21.8 Å². The predicted octanol–water partition coefficient (Wildman–Crippen LogP) is 0.315. The number of alkyl halides is 1. The van der Waals surface area contributed by atoms with E-state index >= 15 is 0 Å². The summed E-state index contributed by atoms with van der Waals surface area (Å²) in [4.78, 5) is 0.